The minimum atomic E-state index is 1.10. The molecule has 0 heterocycles. The van der Waals surface area contributed by atoms with Crippen molar-refractivity contribution in [1.82, 2.24) is 0 Å². The van der Waals surface area contributed by atoms with Gasteiger partial charge in [-0.05, 0) is 61.4 Å². The van der Waals surface area contributed by atoms with Crippen molar-refractivity contribution >= 4 is 11.9 Å². The number of aryl methyl sites for hydroxylation is 2. The Morgan fingerprint density at radius 2 is 1.85 bits per heavy atom. The Hall–Kier alpha value is -0.470. The molecule has 2 heteroatoms. The van der Waals surface area contributed by atoms with Crippen LogP contribution < -0.4 is 5.14 Å². The maximum atomic E-state index is 5.63. The number of benzene rings is 1. The van der Waals surface area contributed by atoms with E-state index >= 15 is 0 Å². The number of hydrogen-bond donors (Lipinski definition) is 1. The van der Waals surface area contributed by atoms with E-state index in [4.69, 9.17) is 5.14 Å². The first-order chi connectivity index (χ1) is 6.11. The van der Waals surface area contributed by atoms with Gasteiger partial charge in [-0.1, -0.05) is 13.0 Å². The van der Waals surface area contributed by atoms with E-state index in [0.29, 0.717) is 0 Å². The topological polar surface area (TPSA) is 26.0 Å². The zero-order chi connectivity index (χ0) is 10.0. The Labute approximate surface area is 84.9 Å². The third-order valence-corrected chi connectivity index (χ3v) is 3.50. The highest BCUT2D eigenvalue weighted by atomic mass is 32.2. The first kappa shape index (κ1) is 10.6. The third kappa shape index (κ3) is 1.89. The van der Waals surface area contributed by atoms with Crippen molar-refractivity contribution in [2.75, 3.05) is 0 Å². The van der Waals surface area contributed by atoms with E-state index in [9.17, 15) is 0 Å². The predicted octanol–water partition coefficient (Wildman–Crippen LogP) is 3.14. The van der Waals surface area contributed by atoms with Gasteiger partial charge in [-0.3, -0.25) is 5.14 Å². The summed E-state index contributed by atoms with van der Waals surface area (Å²) in [7, 11) is 0. The lowest BCUT2D eigenvalue weighted by Gasteiger charge is -2.13. The van der Waals surface area contributed by atoms with Gasteiger partial charge < -0.3 is 0 Å². The van der Waals surface area contributed by atoms with Crippen LogP contribution >= 0.6 is 11.9 Å². The van der Waals surface area contributed by atoms with Crippen LogP contribution in [0.1, 0.15) is 29.2 Å². The zero-order valence-electron chi connectivity index (χ0n) is 8.77. The molecule has 1 nitrogen and oxygen atoms in total. The molecule has 0 atom stereocenters. The molecular weight excluding hydrogens is 178 g/mol. The van der Waals surface area contributed by atoms with E-state index in [1.807, 2.05) is 0 Å². The highest BCUT2D eigenvalue weighted by molar-refractivity contribution is 7.97. The summed E-state index contributed by atoms with van der Waals surface area (Å²) in [6.07, 6.45) is 1.10. The predicted molar refractivity (Wildman–Crippen MR) is 60.1 cm³/mol. The van der Waals surface area contributed by atoms with E-state index in [1.54, 1.807) is 0 Å². The zero-order valence-corrected chi connectivity index (χ0v) is 9.59. The summed E-state index contributed by atoms with van der Waals surface area (Å²) < 4.78 is 0. The highest BCUT2D eigenvalue weighted by Crippen LogP contribution is 2.27. The normalized spacial score (nSPS) is 10.5. The molecule has 0 bridgehead atoms. The SMILES string of the molecule is CCc1cc(C)c(SN)c(C)c1C. The van der Waals surface area contributed by atoms with Gasteiger partial charge in [-0.2, -0.15) is 0 Å². The third-order valence-electron chi connectivity index (χ3n) is 2.63. The quantitative estimate of drug-likeness (QED) is 0.734. The van der Waals surface area contributed by atoms with Crippen LogP contribution in [0.2, 0.25) is 0 Å². The fourth-order valence-corrected chi connectivity index (χ4v) is 2.27. The molecule has 0 saturated heterocycles. The lowest BCUT2D eigenvalue weighted by Crippen LogP contribution is -1.97. The van der Waals surface area contributed by atoms with Crippen LogP contribution in [0.5, 0.6) is 0 Å². The molecule has 1 aromatic carbocycles. The van der Waals surface area contributed by atoms with E-state index in [2.05, 4.69) is 33.8 Å². The van der Waals surface area contributed by atoms with Gasteiger partial charge in [0.25, 0.3) is 0 Å². The van der Waals surface area contributed by atoms with Crippen LogP contribution in [0.25, 0.3) is 0 Å². The second-order valence-corrected chi connectivity index (χ2v) is 4.05. The van der Waals surface area contributed by atoms with Crippen LogP contribution in [0, 0.1) is 20.8 Å². The molecule has 0 aliphatic carbocycles. The Balaban J connectivity index is 3.37. The molecule has 13 heavy (non-hydrogen) atoms. The van der Waals surface area contributed by atoms with Gasteiger partial charge in [-0.15, -0.1) is 0 Å². The Kier molecular flexibility index (Phi) is 3.40. The van der Waals surface area contributed by atoms with Crippen LogP contribution in [-0.4, -0.2) is 0 Å². The standard InChI is InChI=1S/C11H17NS/c1-5-10-6-7(2)11(13-12)9(4)8(10)3/h6H,5,12H2,1-4H3. The Morgan fingerprint density at radius 1 is 1.23 bits per heavy atom. The van der Waals surface area contributed by atoms with E-state index < -0.39 is 0 Å². The monoisotopic (exact) mass is 195 g/mol. The molecule has 0 aliphatic rings. The molecule has 0 amide bonds. The molecule has 2 N–H and O–H groups in total. The van der Waals surface area contributed by atoms with Crippen molar-refractivity contribution in [3.8, 4) is 0 Å². The molecule has 72 valence electrons. The van der Waals surface area contributed by atoms with Gasteiger partial charge in [-0.25, -0.2) is 0 Å². The van der Waals surface area contributed by atoms with Crippen LogP contribution in [0.15, 0.2) is 11.0 Å². The Morgan fingerprint density at radius 3 is 2.31 bits per heavy atom. The molecule has 1 aromatic rings. The van der Waals surface area contributed by atoms with Crippen molar-refractivity contribution in [3.05, 3.63) is 28.3 Å². The lowest BCUT2D eigenvalue weighted by molar-refractivity contribution is 1.05. The maximum Gasteiger partial charge on any atom is 0.0287 e. The van der Waals surface area contributed by atoms with E-state index in [0.717, 1.165) is 6.42 Å². The second kappa shape index (κ2) is 4.16. The highest BCUT2D eigenvalue weighted by Gasteiger charge is 2.07. The largest absolute Gasteiger partial charge is 0.274 e. The average Bonchev–Trinajstić information content (AvgIpc) is 2.12. The van der Waals surface area contributed by atoms with Gasteiger partial charge in [0.05, 0.1) is 0 Å². The van der Waals surface area contributed by atoms with Gasteiger partial charge >= 0.3 is 0 Å². The van der Waals surface area contributed by atoms with Crippen molar-refractivity contribution in [2.45, 2.75) is 39.0 Å². The summed E-state index contributed by atoms with van der Waals surface area (Å²) in [6, 6.07) is 2.25. The fraction of sp³-hybridized carbons (Fsp3) is 0.455. The molecule has 0 saturated carbocycles. The number of nitrogens with two attached hydrogens (primary N) is 1. The number of rotatable bonds is 2. The summed E-state index contributed by atoms with van der Waals surface area (Å²) in [5.74, 6) is 0. The minimum Gasteiger partial charge on any atom is -0.274 e. The van der Waals surface area contributed by atoms with Crippen molar-refractivity contribution in [2.24, 2.45) is 5.14 Å². The van der Waals surface area contributed by atoms with E-state index in [1.165, 1.54) is 39.1 Å². The van der Waals surface area contributed by atoms with Crippen LogP contribution in [-0.2, 0) is 6.42 Å². The van der Waals surface area contributed by atoms with Crippen LogP contribution in [0.4, 0.5) is 0 Å². The maximum absolute atomic E-state index is 5.63. The second-order valence-electron chi connectivity index (χ2n) is 3.40. The molecule has 0 fully saturated rings. The first-order valence-corrected chi connectivity index (χ1v) is 5.46. The lowest BCUT2D eigenvalue weighted by atomic mass is 9.98. The summed E-state index contributed by atoms with van der Waals surface area (Å²) in [5.41, 5.74) is 5.46. The molecule has 0 unspecified atom stereocenters. The van der Waals surface area contributed by atoms with Gasteiger partial charge in [0.15, 0.2) is 0 Å². The van der Waals surface area contributed by atoms with Gasteiger partial charge in [0.1, 0.15) is 0 Å². The van der Waals surface area contributed by atoms with Crippen molar-refractivity contribution < 1.29 is 0 Å². The Bertz CT molecular complexity index is 318. The van der Waals surface area contributed by atoms with Crippen molar-refractivity contribution in [3.63, 3.8) is 0 Å². The molecule has 0 aromatic heterocycles. The first-order valence-electron chi connectivity index (χ1n) is 4.58. The van der Waals surface area contributed by atoms with Gasteiger partial charge in [0.2, 0.25) is 0 Å². The number of hydrogen-bond acceptors (Lipinski definition) is 2. The van der Waals surface area contributed by atoms with Gasteiger partial charge in [0, 0.05) is 4.90 Å². The average molecular weight is 195 g/mol. The van der Waals surface area contributed by atoms with Crippen LogP contribution in [0.3, 0.4) is 0 Å². The summed E-state index contributed by atoms with van der Waals surface area (Å²) >= 11 is 1.36. The smallest absolute Gasteiger partial charge is 0.0287 e. The minimum absolute atomic E-state index is 1.10. The summed E-state index contributed by atoms with van der Waals surface area (Å²) in [6.45, 7) is 8.64. The molecular formula is C11H17NS. The summed E-state index contributed by atoms with van der Waals surface area (Å²) in [5, 5.41) is 5.63. The molecule has 0 aliphatic heterocycles. The molecule has 1 rings (SSSR count). The molecule has 0 spiro atoms. The summed E-state index contributed by atoms with van der Waals surface area (Å²) in [4.78, 5) is 1.23. The van der Waals surface area contributed by atoms with E-state index in [-0.39, 0.29) is 0 Å². The molecule has 0 radical (unpaired) electrons. The fourth-order valence-electron chi connectivity index (χ4n) is 1.69. The van der Waals surface area contributed by atoms with Crippen molar-refractivity contribution in [1.29, 1.82) is 0 Å².